The molecule has 0 radical (unpaired) electrons. The predicted octanol–water partition coefficient (Wildman–Crippen LogP) is 3.64. The Hall–Kier alpha value is -3.41. The van der Waals surface area contributed by atoms with Crippen LogP contribution in [-0.2, 0) is 9.53 Å². The highest BCUT2D eigenvalue weighted by atomic mass is 16.5. The number of pyridine rings is 1. The van der Waals surface area contributed by atoms with Crippen molar-refractivity contribution < 1.29 is 14.3 Å². The Labute approximate surface area is 162 Å². The molecule has 0 aliphatic carbocycles. The van der Waals surface area contributed by atoms with Crippen LogP contribution in [0, 0.1) is 20.8 Å². The predicted molar refractivity (Wildman–Crippen MR) is 109 cm³/mol. The average Bonchev–Trinajstić information content (AvgIpc) is 2.63. The molecule has 0 saturated heterocycles. The van der Waals surface area contributed by atoms with E-state index in [0.717, 1.165) is 16.7 Å². The van der Waals surface area contributed by atoms with Gasteiger partial charge in [-0.2, -0.15) is 0 Å². The van der Waals surface area contributed by atoms with Crippen molar-refractivity contribution in [1.82, 2.24) is 4.98 Å². The minimum Gasteiger partial charge on any atom is -0.449 e. The Morgan fingerprint density at radius 3 is 2.36 bits per heavy atom. The Morgan fingerprint density at radius 1 is 1.04 bits per heavy atom. The number of carbonyl (C=O) groups excluding carboxylic acids is 2. The van der Waals surface area contributed by atoms with E-state index in [1.54, 1.807) is 24.3 Å². The summed E-state index contributed by atoms with van der Waals surface area (Å²) in [6.07, 6.45) is -1.02. The van der Waals surface area contributed by atoms with Crippen molar-refractivity contribution >= 4 is 28.5 Å². The van der Waals surface area contributed by atoms with Crippen LogP contribution in [0.3, 0.4) is 0 Å². The van der Waals surface area contributed by atoms with E-state index in [4.69, 9.17) is 4.74 Å². The van der Waals surface area contributed by atoms with Crippen LogP contribution in [0.25, 0.3) is 10.9 Å². The molecule has 1 heterocycles. The molecule has 2 N–H and O–H groups in total. The molecule has 3 rings (SSSR count). The molecule has 0 aliphatic heterocycles. The molecule has 0 fully saturated rings. The summed E-state index contributed by atoms with van der Waals surface area (Å²) in [5.41, 5.74) is 3.93. The maximum atomic E-state index is 12.6. The summed E-state index contributed by atoms with van der Waals surface area (Å²) in [6.45, 7) is 7.31. The summed E-state index contributed by atoms with van der Waals surface area (Å²) in [4.78, 5) is 39.6. The Bertz CT molecular complexity index is 1110. The topological polar surface area (TPSA) is 88.3 Å². The average molecular weight is 378 g/mol. The van der Waals surface area contributed by atoms with Gasteiger partial charge in [-0.3, -0.25) is 9.59 Å². The zero-order chi connectivity index (χ0) is 20.4. The molecule has 1 aromatic heterocycles. The number of H-pyrrole nitrogens is 1. The Balaban J connectivity index is 1.80. The number of ether oxygens (including phenoxy) is 1. The molecule has 1 amide bonds. The van der Waals surface area contributed by atoms with Gasteiger partial charge in [-0.1, -0.05) is 35.9 Å². The summed E-state index contributed by atoms with van der Waals surface area (Å²) in [5.74, 6) is -1.15. The number of anilines is 1. The standard InChI is InChI=1S/C22H22N2O4/c1-12-9-13(2)20(14(3)10-12)24-21(26)15(4)28-22(27)17-11-19(25)23-18-8-6-5-7-16(17)18/h5-11,15H,1-4H3,(H,23,25)(H,24,26). The van der Waals surface area contributed by atoms with Gasteiger partial charge in [-0.15, -0.1) is 0 Å². The minimum atomic E-state index is -1.02. The lowest BCUT2D eigenvalue weighted by molar-refractivity contribution is -0.123. The van der Waals surface area contributed by atoms with Crippen molar-refractivity contribution in [3.05, 3.63) is 75.1 Å². The number of benzene rings is 2. The summed E-state index contributed by atoms with van der Waals surface area (Å²) >= 11 is 0. The van der Waals surface area contributed by atoms with Crippen LogP contribution in [0.5, 0.6) is 0 Å². The molecule has 1 atom stereocenters. The number of esters is 1. The molecule has 0 aliphatic rings. The lowest BCUT2D eigenvalue weighted by Gasteiger charge is -2.17. The molecule has 6 nitrogen and oxygen atoms in total. The molecular weight excluding hydrogens is 356 g/mol. The number of aryl methyl sites for hydroxylation is 3. The molecule has 2 aromatic carbocycles. The van der Waals surface area contributed by atoms with E-state index in [9.17, 15) is 14.4 Å². The highest BCUT2D eigenvalue weighted by Crippen LogP contribution is 2.22. The molecule has 1 unspecified atom stereocenters. The first-order valence-electron chi connectivity index (χ1n) is 8.98. The van der Waals surface area contributed by atoms with E-state index < -0.39 is 23.5 Å². The number of hydrogen-bond acceptors (Lipinski definition) is 4. The molecule has 6 heteroatoms. The molecular formula is C22H22N2O4. The van der Waals surface area contributed by atoms with Crippen molar-refractivity contribution in [2.45, 2.75) is 33.8 Å². The molecule has 3 aromatic rings. The van der Waals surface area contributed by atoms with Crippen LogP contribution in [0.15, 0.2) is 47.3 Å². The number of hydrogen-bond donors (Lipinski definition) is 2. The first-order valence-corrected chi connectivity index (χ1v) is 8.98. The molecule has 28 heavy (non-hydrogen) atoms. The first kappa shape index (κ1) is 19.4. The van der Waals surface area contributed by atoms with Crippen LogP contribution in [-0.4, -0.2) is 23.0 Å². The highest BCUT2D eigenvalue weighted by Gasteiger charge is 2.22. The van der Waals surface area contributed by atoms with Gasteiger partial charge >= 0.3 is 5.97 Å². The van der Waals surface area contributed by atoms with Crippen molar-refractivity contribution in [1.29, 1.82) is 0 Å². The molecule has 144 valence electrons. The summed E-state index contributed by atoms with van der Waals surface area (Å²) in [7, 11) is 0. The largest absolute Gasteiger partial charge is 0.449 e. The van der Waals surface area contributed by atoms with Gasteiger partial charge < -0.3 is 15.0 Å². The lowest BCUT2D eigenvalue weighted by atomic mass is 10.0. The van der Waals surface area contributed by atoms with Gasteiger partial charge in [0, 0.05) is 22.7 Å². The minimum absolute atomic E-state index is 0.127. The van der Waals surface area contributed by atoms with Crippen LogP contribution >= 0.6 is 0 Å². The van der Waals surface area contributed by atoms with Crippen LogP contribution in [0.1, 0.15) is 34.0 Å². The fraction of sp³-hybridized carbons (Fsp3) is 0.227. The lowest BCUT2D eigenvalue weighted by Crippen LogP contribution is -2.31. The fourth-order valence-corrected chi connectivity index (χ4v) is 3.25. The van der Waals surface area contributed by atoms with Gasteiger partial charge in [0.25, 0.3) is 5.91 Å². The molecule has 0 spiro atoms. The van der Waals surface area contributed by atoms with Crippen molar-refractivity contribution in [3.63, 3.8) is 0 Å². The monoisotopic (exact) mass is 378 g/mol. The second-order valence-electron chi connectivity index (χ2n) is 6.90. The van der Waals surface area contributed by atoms with Gasteiger partial charge in [-0.25, -0.2) is 4.79 Å². The van der Waals surface area contributed by atoms with E-state index >= 15 is 0 Å². The zero-order valence-corrected chi connectivity index (χ0v) is 16.3. The van der Waals surface area contributed by atoms with Crippen molar-refractivity contribution in [3.8, 4) is 0 Å². The SMILES string of the molecule is Cc1cc(C)c(NC(=O)C(C)OC(=O)c2cc(=O)[nH]c3ccccc23)c(C)c1. The summed E-state index contributed by atoms with van der Waals surface area (Å²) in [5, 5.41) is 3.39. The quantitative estimate of drug-likeness (QED) is 0.679. The third-order valence-electron chi connectivity index (χ3n) is 4.55. The second kappa shape index (κ2) is 7.68. The Kier molecular flexibility index (Phi) is 5.31. The van der Waals surface area contributed by atoms with E-state index in [1.807, 2.05) is 32.9 Å². The van der Waals surface area contributed by atoms with Crippen molar-refractivity contribution in [2.75, 3.05) is 5.32 Å². The maximum Gasteiger partial charge on any atom is 0.339 e. The van der Waals surface area contributed by atoms with E-state index in [0.29, 0.717) is 16.6 Å². The number of aromatic amines is 1. The maximum absolute atomic E-state index is 12.6. The van der Waals surface area contributed by atoms with Gasteiger partial charge in [0.2, 0.25) is 5.56 Å². The number of nitrogens with one attached hydrogen (secondary N) is 2. The van der Waals surface area contributed by atoms with E-state index in [1.165, 1.54) is 13.0 Å². The van der Waals surface area contributed by atoms with Crippen LogP contribution in [0.4, 0.5) is 5.69 Å². The first-order chi connectivity index (χ1) is 13.3. The second-order valence-corrected chi connectivity index (χ2v) is 6.90. The number of para-hydroxylation sites is 1. The van der Waals surface area contributed by atoms with Crippen LogP contribution in [0.2, 0.25) is 0 Å². The number of carbonyl (C=O) groups is 2. The fourth-order valence-electron chi connectivity index (χ4n) is 3.25. The van der Waals surface area contributed by atoms with Gasteiger partial charge in [0.15, 0.2) is 6.10 Å². The summed E-state index contributed by atoms with van der Waals surface area (Å²) in [6, 6.07) is 12.1. The zero-order valence-electron chi connectivity index (χ0n) is 16.3. The number of aromatic nitrogens is 1. The number of amides is 1. The number of fused-ring (bicyclic) bond motifs is 1. The molecule has 0 saturated carbocycles. The van der Waals surface area contributed by atoms with Crippen LogP contribution < -0.4 is 10.9 Å². The van der Waals surface area contributed by atoms with E-state index in [-0.39, 0.29) is 5.56 Å². The Morgan fingerprint density at radius 2 is 1.68 bits per heavy atom. The normalized spacial score (nSPS) is 11.9. The van der Waals surface area contributed by atoms with Crippen molar-refractivity contribution in [2.24, 2.45) is 0 Å². The van der Waals surface area contributed by atoms with Gasteiger partial charge in [-0.05, 0) is 44.9 Å². The molecule has 0 bridgehead atoms. The van der Waals surface area contributed by atoms with Gasteiger partial charge in [0.05, 0.1) is 5.56 Å². The van der Waals surface area contributed by atoms with Gasteiger partial charge in [0.1, 0.15) is 0 Å². The highest BCUT2D eigenvalue weighted by molar-refractivity contribution is 6.04. The third-order valence-corrected chi connectivity index (χ3v) is 4.55. The smallest absolute Gasteiger partial charge is 0.339 e. The third kappa shape index (κ3) is 3.96. The summed E-state index contributed by atoms with van der Waals surface area (Å²) < 4.78 is 5.33. The number of rotatable bonds is 4. The van der Waals surface area contributed by atoms with E-state index in [2.05, 4.69) is 10.3 Å².